The highest BCUT2D eigenvalue weighted by Gasteiger charge is 2.21. The Morgan fingerprint density at radius 1 is 1.29 bits per heavy atom. The molecule has 0 spiro atoms. The fourth-order valence-corrected chi connectivity index (χ4v) is 3.88. The molecular formula is C14H25BrN2O3S. The molecule has 0 amide bonds. The average Bonchev–Trinajstić information content (AvgIpc) is 2.78. The molecule has 0 fully saturated rings. The monoisotopic (exact) mass is 380 g/mol. The van der Waals surface area contributed by atoms with Gasteiger partial charge in [0.15, 0.2) is 4.67 Å². The van der Waals surface area contributed by atoms with E-state index in [-0.39, 0.29) is 9.56 Å². The molecule has 0 saturated heterocycles. The van der Waals surface area contributed by atoms with Crippen LogP contribution >= 0.6 is 15.9 Å². The highest BCUT2D eigenvalue weighted by atomic mass is 79.9. The summed E-state index contributed by atoms with van der Waals surface area (Å²) in [7, 11) is -3.51. The summed E-state index contributed by atoms with van der Waals surface area (Å²) in [5.41, 5.74) is 0. The Morgan fingerprint density at radius 3 is 2.62 bits per heavy atom. The van der Waals surface area contributed by atoms with E-state index in [2.05, 4.69) is 32.9 Å². The molecule has 0 saturated carbocycles. The van der Waals surface area contributed by atoms with Crippen molar-refractivity contribution in [2.24, 2.45) is 0 Å². The number of halogens is 1. The number of rotatable bonds is 10. The van der Waals surface area contributed by atoms with Gasteiger partial charge in [0, 0.05) is 18.7 Å². The molecule has 7 heteroatoms. The van der Waals surface area contributed by atoms with Crippen molar-refractivity contribution in [2.45, 2.75) is 63.9 Å². The Hall–Kier alpha value is -0.370. The van der Waals surface area contributed by atoms with Gasteiger partial charge >= 0.3 is 0 Å². The van der Waals surface area contributed by atoms with E-state index in [0.29, 0.717) is 24.9 Å². The number of sulfonamides is 1. The molecule has 0 aliphatic rings. The van der Waals surface area contributed by atoms with Crippen molar-refractivity contribution in [2.75, 3.05) is 6.54 Å². The molecule has 0 unspecified atom stereocenters. The molecule has 122 valence electrons. The van der Waals surface area contributed by atoms with Gasteiger partial charge in [-0.3, -0.25) is 0 Å². The second kappa shape index (κ2) is 8.92. The minimum Gasteiger partial charge on any atom is -0.452 e. The van der Waals surface area contributed by atoms with Gasteiger partial charge in [-0.25, -0.2) is 13.1 Å². The predicted octanol–water partition coefficient (Wildman–Crippen LogP) is 3.40. The lowest BCUT2D eigenvalue weighted by atomic mass is 10.2. The molecule has 2 N–H and O–H groups in total. The Balaban J connectivity index is 2.61. The Labute approximate surface area is 136 Å². The maximum atomic E-state index is 12.2. The van der Waals surface area contributed by atoms with Crippen molar-refractivity contribution >= 4 is 26.0 Å². The molecule has 5 nitrogen and oxygen atoms in total. The lowest BCUT2D eigenvalue weighted by Gasteiger charge is -2.05. The smallest absolute Gasteiger partial charge is 0.244 e. The van der Waals surface area contributed by atoms with E-state index in [4.69, 9.17) is 4.42 Å². The standard InChI is InChI=1S/C14H25BrN2O3S/c1-4-5-6-7-8-17-21(18,19)13-9-12(20-14(13)15)10-16-11(2)3/h9,11,16-17H,4-8,10H2,1-3H3. The molecule has 0 aromatic carbocycles. The molecule has 0 aliphatic carbocycles. The Kier molecular flexibility index (Phi) is 7.94. The minimum atomic E-state index is -3.51. The second-order valence-electron chi connectivity index (χ2n) is 5.34. The lowest BCUT2D eigenvalue weighted by Crippen LogP contribution is -2.24. The number of furan rings is 1. The van der Waals surface area contributed by atoms with Gasteiger partial charge in [0.2, 0.25) is 10.0 Å². The normalized spacial score (nSPS) is 12.2. The highest BCUT2D eigenvalue weighted by molar-refractivity contribution is 9.10. The molecule has 1 aromatic rings. The highest BCUT2D eigenvalue weighted by Crippen LogP contribution is 2.26. The van der Waals surface area contributed by atoms with Gasteiger partial charge in [-0.2, -0.15) is 0 Å². The van der Waals surface area contributed by atoms with Crippen LogP contribution in [0.2, 0.25) is 0 Å². The third-order valence-corrected chi connectivity index (χ3v) is 5.32. The summed E-state index contributed by atoms with van der Waals surface area (Å²) in [6.07, 6.45) is 4.15. The molecule has 0 atom stereocenters. The van der Waals surface area contributed by atoms with Crippen LogP contribution in [0.4, 0.5) is 0 Å². The first-order chi connectivity index (χ1) is 9.86. The summed E-state index contributed by atoms with van der Waals surface area (Å²) in [6, 6.07) is 1.87. The van der Waals surface area contributed by atoms with Crippen LogP contribution in [0.1, 0.15) is 52.2 Å². The fraction of sp³-hybridized carbons (Fsp3) is 0.714. The summed E-state index contributed by atoms with van der Waals surface area (Å²) < 4.78 is 32.7. The molecule has 0 radical (unpaired) electrons. The number of hydrogen-bond donors (Lipinski definition) is 2. The van der Waals surface area contributed by atoms with Gasteiger partial charge in [-0.15, -0.1) is 0 Å². The Morgan fingerprint density at radius 2 is 2.00 bits per heavy atom. The zero-order valence-corrected chi connectivity index (χ0v) is 15.3. The van der Waals surface area contributed by atoms with Gasteiger partial charge in [0.05, 0.1) is 6.54 Å². The maximum Gasteiger partial charge on any atom is 0.244 e. The molecular weight excluding hydrogens is 356 g/mol. The topological polar surface area (TPSA) is 71.3 Å². The first-order valence-corrected chi connectivity index (χ1v) is 9.65. The van der Waals surface area contributed by atoms with Gasteiger partial charge in [0.25, 0.3) is 0 Å². The summed E-state index contributed by atoms with van der Waals surface area (Å²) in [5, 5.41) is 3.19. The number of unbranched alkanes of at least 4 members (excludes halogenated alkanes) is 3. The first kappa shape index (κ1) is 18.7. The summed E-state index contributed by atoms with van der Waals surface area (Å²) in [5.74, 6) is 0.599. The molecule has 0 bridgehead atoms. The zero-order chi connectivity index (χ0) is 15.9. The van der Waals surface area contributed by atoms with Crippen molar-refractivity contribution in [3.05, 3.63) is 16.5 Å². The molecule has 1 rings (SSSR count). The van der Waals surface area contributed by atoms with Crippen molar-refractivity contribution < 1.29 is 12.8 Å². The second-order valence-corrected chi connectivity index (χ2v) is 7.80. The van der Waals surface area contributed by atoms with Gasteiger partial charge in [0.1, 0.15) is 10.7 Å². The SMILES string of the molecule is CCCCCCNS(=O)(=O)c1cc(CNC(C)C)oc1Br. The lowest BCUT2D eigenvalue weighted by molar-refractivity contribution is 0.447. The predicted molar refractivity (Wildman–Crippen MR) is 87.7 cm³/mol. The van der Waals surface area contributed by atoms with Crippen molar-refractivity contribution in [1.82, 2.24) is 10.0 Å². The zero-order valence-electron chi connectivity index (χ0n) is 12.9. The molecule has 0 aliphatic heterocycles. The fourth-order valence-electron chi connectivity index (χ4n) is 1.81. The van der Waals surface area contributed by atoms with E-state index in [0.717, 1.165) is 25.7 Å². The van der Waals surface area contributed by atoms with Crippen molar-refractivity contribution in [1.29, 1.82) is 0 Å². The maximum absolute atomic E-state index is 12.2. The molecule has 1 aromatic heterocycles. The summed E-state index contributed by atoms with van der Waals surface area (Å²) in [4.78, 5) is 0.165. The number of nitrogens with one attached hydrogen (secondary N) is 2. The van der Waals surface area contributed by atoms with Crippen LogP contribution in [0.5, 0.6) is 0 Å². The van der Waals surface area contributed by atoms with E-state index in [1.165, 1.54) is 0 Å². The van der Waals surface area contributed by atoms with Gasteiger partial charge in [-0.05, 0) is 22.4 Å². The molecule has 1 heterocycles. The first-order valence-electron chi connectivity index (χ1n) is 7.38. The minimum absolute atomic E-state index is 0.165. The quantitative estimate of drug-likeness (QED) is 0.610. The largest absolute Gasteiger partial charge is 0.452 e. The van der Waals surface area contributed by atoms with Crippen molar-refractivity contribution in [3.63, 3.8) is 0 Å². The van der Waals surface area contributed by atoms with Crippen LogP contribution in [-0.4, -0.2) is 21.0 Å². The van der Waals surface area contributed by atoms with Crippen LogP contribution in [-0.2, 0) is 16.6 Å². The van der Waals surface area contributed by atoms with Gasteiger partial charge < -0.3 is 9.73 Å². The van der Waals surface area contributed by atoms with Gasteiger partial charge in [-0.1, -0.05) is 40.0 Å². The van der Waals surface area contributed by atoms with Crippen LogP contribution in [0.3, 0.4) is 0 Å². The van der Waals surface area contributed by atoms with E-state index in [1.54, 1.807) is 6.07 Å². The average molecular weight is 381 g/mol. The van der Waals surface area contributed by atoms with Crippen molar-refractivity contribution in [3.8, 4) is 0 Å². The van der Waals surface area contributed by atoms with E-state index in [1.807, 2.05) is 13.8 Å². The van der Waals surface area contributed by atoms with E-state index < -0.39 is 10.0 Å². The van der Waals surface area contributed by atoms with Crippen LogP contribution in [0.25, 0.3) is 0 Å². The van der Waals surface area contributed by atoms with E-state index >= 15 is 0 Å². The summed E-state index contributed by atoms with van der Waals surface area (Å²) in [6.45, 7) is 7.13. The third-order valence-electron chi connectivity index (χ3n) is 3.00. The third kappa shape index (κ3) is 6.50. The van der Waals surface area contributed by atoms with Crippen LogP contribution in [0.15, 0.2) is 20.0 Å². The van der Waals surface area contributed by atoms with E-state index in [9.17, 15) is 8.42 Å². The summed E-state index contributed by atoms with van der Waals surface area (Å²) >= 11 is 3.18. The van der Waals surface area contributed by atoms with Crippen LogP contribution < -0.4 is 10.0 Å². The van der Waals surface area contributed by atoms with Crippen LogP contribution in [0, 0.1) is 0 Å². The number of hydrogen-bond acceptors (Lipinski definition) is 4. The Bertz CT molecular complexity index is 526. The molecule has 21 heavy (non-hydrogen) atoms.